The number of anilines is 1. The number of hydrogen-bond acceptors (Lipinski definition) is 4. The molecule has 2 aromatic carbocycles. The molecular formula is C20H20N2O4S. The predicted octanol–water partition coefficient (Wildman–Crippen LogP) is 2.46. The molecule has 1 N–H and O–H groups in total. The van der Waals surface area contributed by atoms with Gasteiger partial charge in [-0.05, 0) is 42.7 Å². The van der Waals surface area contributed by atoms with Gasteiger partial charge in [0.05, 0.1) is 16.7 Å². The van der Waals surface area contributed by atoms with Crippen LogP contribution in [0.1, 0.15) is 41.2 Å². The summed E-state index contributed by atoms with van der Waals surface area (Å²) < 4.78 is 24.5. The lowest BCUT2D eigenvalue weighted by Crippen LogP contribution is -2.34. The van der Waals surface area contributed by atoms with Crippen LogP contribution in [0.4, 0.5) is 5.69 Å². The molecule has 0 saturated carbocycles. The number of rotatable bonds is 3. The molecule has 140 valence electrons. The first kappa shape index (κ1) is 17.7. The van der Waals surface area contributed by atoms with Crippen molar-refractivity contribution < 1.29 is 18.0 Å². The number of benzene rings is 2. The first-order chi connectivity index (χ1) is 13.0. The van der Waals surface area contributed by atoms with E-state index in [1.807, 2.05) is 6.07 Å². The van der Waals surface area contributed by atoms with E-state index in [-0.39, 0.29) is 28.5 Å². The van der Waals surface area contributed by atoms with Crippen LogP contribution in [0.3, 0.4) is 0 Å². The van der Waals surface area contributed by atoms with Crippen molar-refractivity contribution in [3.8, 4) is 0 Å². The molecule has 2 aliphatic heterocycles. The van der Waals surface area contributed by atoms with Crippen molar-refractivity contribution in [2.75, 3.05) is 17.2 Å². The van der Waals surface area contributed by atoms with Gasteiger partial charge >= 0.3 is 0 Å². The van der Waals surface area contributed by atoms with Gasteiger partial charge in [-0.3, -0.25) is 9.59 Å². The average molecular weight is 384 g/mol. The third-order valence-electron chi connectivity index (χ3n) is 5.10. The Hall–Kier alpha value is -2.67. The minimum Gasteiger partial charge on any atom is -0.345 e. The Labute approximate surface area is 158 Å². The van der Waals surface area contributed by atoms with Gasteiger partial charge in [-0.25, -0.2) is 8.42 Å². The zero-order chi connectivity index (χ0) is 19.0. The first-order valence-corrected chi connectivity index (χ1v) is 10.6. The van der Waals surface area contributed by atoms with Crippen LogP contribution in [0.2, 0.25) is 0 Å². The molecular weight excluding hydrogens is 364 g/mol. The van der Waals surface area contributed by atoms with Crippen molar-refractivity contribution in [3.05, 3.63) is 59.7 Å². The van der Waals surface area contributed by atoms with E-state index >= 15 is 0 Å². The summed E-state index contributed by atoms with van der Waals surface area (Å²) in [5.41, 5.74) is 1.80. The van der Waals surface area contributed by atoms with Gasteiger partial charge in [0.2, 0.25) is 5.91 Å². The zero-order valence-electron chi connectivity index (χ0n) is 14.7. The maximum absolute atomic E-state index is 12.8. The average Bonchev–Trinajstić information content (AvgIpc) is 3.10. The molecule has 27 heavy (non-hydrogen) atoms. The molecule has 2 heterocycles. The number of nitrogens with zero attached hydrogens (tertiary/aromatic N) is 1. The number of nitrogens with one attached hydrogen (secondary N) is 1. The van der Waals surface area contributed by atoms with E-state index < -0.39 is 9.84 Å². The fourth-order valence-electron chi connectivity index (χ4n) is 3.72. The van der Waals surface area contributed by atoms with Gasteiger partial charge in [0.1, 0.15) is 0 Å². The van der Waals surface area contributed by atoms with E-state index in [0.29, 0.717) is 30.5 Å². The molecule has 1 saturated heterocycles. The van der Waals surface area contributed by atoms with Gasteiger partial charge < -0.3 is 10.2 Å². The van der Waals surface area contributed by atoms with Gasteiger partial charge in [0, 0.05) is 24.2 Å². The number of carbonyl (C=O) groups excluding carboxylic acids is 2. The summed E-state index contributed by atoms with van der Waals surface area (Å²) in [6, 6.07) is 13.4. The molecule has 1 fully saturated rings. The fraction of sp³-hybridized carbons (Fsp3) is 0.300. The Kier molecular flexibility index (Phi) is 4.47. The van der Waals surface area contributed by atoms with Crippen LogP contribution in [0.25, 0.3) is 0 Å². The Balaban J connectivity index is 1.57. The number of carbonyl (C=O) groups is 2. The van der Waals surface area contributed by atoms with E-state index in [1.165, 1.54) is 0 Å². The largest absolute Gasteiger partial charge is 0.345 e. The lowest BCUT2D eigenvalue weighted by molar-refractivity contribution is -0.117. The molecule has 2 amide bonds. The molecule has 2 aromatic rings. The van der Waals surface area contributed by atoms with Gasteiger partial charge in [0.25, 0.3) is 5.91 Å². The quantitative estimate of drug-likeness (QED) is 0.881. The standard InChI is InChI=1S/C20H20N2O4S/c23-19-9-4-11-22(19)15-6-3-5-14(13-15)20(24)21-17-10-12-27(25,26)18-8-2-1-7-16(17)18/h1-3,5-8,13,17H,4,9-12H2,(H,21,24). The molecule has 7 heteroatoms. The van der Waals surface area contributed by atoms with E-state index in [4.69, 9.17) is 0 Å². The fourth-order valence-corrected chi connectivity index (χ4v) is 5.34. The van der Waals surface area contributed by atoms with Crippen LogP contribution in [0, 0.1) is 0 Å². The predicted molar refractivity (Wildman–Crippen MR) is 101 cm³/mol. The molecule has 1 atom stereocenters. The summed E-state index contributed by atoms with van der Waals surface area (Å²) in [5.74, 6) is -0.196. The van der Waals surface area contributed by atoms with E-state index in [0.717, 1.165) is 12.1 Å². The Morgan fingerprint density at radius 3 is 2.70 bits per heavy atom. The van der Waals surface area contributed by atoms with Gasteiger partial charge in [-0.15, -0.1) is 0 Å². The summed E-state index contributed by atoms with van der Waals surface area (Å²) in [6.07, 6.45) is 1.70. The minimum absolute atomic E-state index is 0.0112. The highest BCUT2D eigenvalue weighted by Crippen LogP contribution is 2.32. The van der Waals surface area contributed by atoms with Crippen LogP contribution in [0.5, 0.6) is 0 Å². The molecule has 0 radical (unpaired) electrons. The molecule has 0 aromatic heterocycles. The van der Waals surface area contributed by atoms with Crippen LogP contribution in [-0.2, 0) is 14.6 Å². The maximum Gasteiger partial charge on any atom is 0.251 e. The highest BCUT2D eigenvalue weighted by atomic mass is 32.2. The number of amides is 2. The smallest absolute Gasteiger partial charge is 0.251 e. The Morgan fingerprint density at radius 1 is 1.11 bits per heavy atom. The highest BCUT2D eigenvalue weighted by molar-refractivity contribution is 7.91. The van der Waals surface area contributed by atoms with Crippen molar-refractivity contribution in [2.24, 2.45) is 0 Å². The molecule has 0 aliphatic carbocycles. The highest BCUT2D eigenvalue weighted by Gasteiger charge is 2.31. The number of fused-ring (bicyclic) bond motifs is 1. The SMILES string of the molecule is O=C(NC1CCS(=O)(=O)c2ccccc21)c1cccc(N2CCCC2=O)c1. The first-order valence-electron chi connectivity index (χ1n) is 8.99. The van der Waals surface area contributed by atoms with Crippen molar-refractivity contribution in [1.82, 2.24) is 5.32 Å². The van der Waals surface area contributed by atoms with Crippen molar-refractivity contribution in [1.29, 1.82) is 0 Å². The van der Waals surface area contributed by atoms with E-state index in [9.17, 15) is 18.0 Å². The number of sulfone groups is 1. The molecule has 4 rings (SSSR count). The number of hydrogen-bond donors (Lipinski definition) is 1. The van der Waals surface area contributed by atoms with Gasteiger partial charge in [-0.1, -0.05) is 24.3 Å². The van der Waals surface area contributed by atoms with Crippen molar-refractivity contribution in [2.45, 2.75) is 30.2 Å². The second kappa shape index (κ2) is 6.81. The van der Waals surface area contributed by atoms with Crippen LogP contribution in [-0.4, -0.2) is 32.5 Å². The second-order valence-electron chi connectivity index (χ2n) is 6.87. The monoisotopic (exact) mass is 384 g/mol. The lowest BCUT2D eigenvalue weighted by atomic mass is 10.0. The van der Waals surface area contributed by atoms with Crippen LogP contribution in [0.15, 0.2) is 53.4 Å². The summed E-state index contributed by atoms with van der Waals surface area (Å²) in [4.78, 5) is 26.7. The van der Waals surface area contributed by atoms with E-state index in [2.05, 4.69) is 5.32 Å². The molecule has 2 aliphatic rings. The minimum atomic E-state index is -3.29. The zero-order valence-corrected chi connectivity index (χ0v) is 15.5. The Bertz CT molecular complexity index is 1020. The summed E-state index contributed by atoms with van der Waals surface area (Å²) in [5, 5.41) is 2.95. The summed E-state index contributed by atoms with van der Waals surface area (Å²) >= 11 is 0. The van der Waals surface area contributed by atoms with E-state index in [1.54, 1.807) is 47.4 Å². The van der Waals surface area contributed by atoms with Gasteiger partial charge in [-0.2, -0.15) is 0 Å². The van der Waals surface area contributed by atoms with Crippen LogP contribution < -0.4 is 10.2 Å². The third kappa shape index (κ3) is 3.35. The maximum atomic E-state index is 12.8. The van der Waals surface area contributed by atoms with Gasteiger partial charge in [0.15, 0.2) is 9.84 Å². The molecule has 6 nitrogen and oxygen atoms in total. The molecule has 1 unspecified atom stereocenters. The Morgan fingerprint density at radius 2 is 1.93 bits per heavy atom. The van der Waals surface area contributed by atoms with Crippen molar-refractivity contribution >= 4 is 27.3 Å². The second-order valence-corrected chi connectivity index (χ2v) is 8.95. The third-order valence-corrected chi connectivity index (χ3v) is 6.92. The van der Waals surface area contributed by atoms with Crippen LogP contribution >= 0.6 is 0 Å². The lowest BCUT2D eigenvalue weighted by Gasteiger charge is -2.26. The molecule has 0 bridgehead atoms. The normalized spacial score (nSPS) is 21.0. The van der Waals surface area contributed by atoms with Crippen molar-refractivity contribution in [3.63, 3.8) is 0 Å². The summed E-state index contributed by atoms with van der Waals surface area (Å²) in [6.45, 7) is 0.664. The molecule has 0 spiro atoms. The topological polar surface area (TPSA) is 83.6 Å². The summed E-state index contributed by atoms with van der Waals surface area (Å²) in [7, 11) is -3.29.